The van der Waals surface area contributed by atoms with Crippen LogP contribution >= 0.6 is 0 Å². The quantitative estimate of drug-likeness (QED) is 0.447. The Morgan fingerprint density at radius 1 is 1.09 bits per heavy atom. The Kier molecular flexibility index (Phi) is 8.72. The highest BCUT2D eigenvalue weighted by atomic mass is 16.5. The minimum Gasteiger partial charge on any atom is -0.508 e. The minimum atomic E-state index is -0.00919. The summed E-state index contributed by atoms with van der Waals surface area (Å²) < 4.78 is 5.46. The van der Waals surface area contributed by atoms with E-state index in [0.29, 0.717) is 24.4 Å². The lowest BCUT2D eigenvalue weighted by molar-refractivity contribution is 0.125. The van der Waals surface area contributed by atoms with Crippen molar-refractivity contribution < 1.29 is 9.84 Å². The zero-order valence-corrected chi connectivity index (χ0v) is 21.0. The second-order valence-electron chi connectivity index (χ2n) is 9.62. The van der Waals surface area contributed by atoms with Gasteiger partial charge in [0.15, 0.2) is 0 Å². The lowest BCUT2D eigenvalue weighted by Gasteiger charge is -2.35. The molecule has 0 saturated carbocycles. The van der Waals surface area contributed by atoms with Crippen molar-refractivity contribution in [3.8, 4) is 5.75 Å². The van der Waals surface area contributed by atoms with E-state index < -0.39 is 0 Å². The fourth-order valence-corrected chi connectivity index (χ4v) is 5.15. The van der Waals surface area contributed by atoms with Crippen LogP contribution < -0.4 is 10.6 Å². The van der Waals surface area contributed by atoms with Crippen molar-refractivity contribution in [2.45, 2.75) is 51.8 Å². The van der Waals surface area contributed by atoms with E-state index in [4.69, 9.17) is 14.7 Å². The third kappa shape index (κ3) is 6.80. The molecule has 4 rings (SSSR count). The van der Waals surface area contributed by atoms with E-state index in [0.717, 1.165) is 42.9 Å². The van der Waals surface area contributed by atoms with Gasteiger partial charge in [-0.25, -0.2) is 0 Å². The third-order valence-corrected chi connectivity index (χ3v) is 7.13. The van der Waals surface area contributed by atoms with Gasteiger partial charge in [0, 0.05) is 30.3 Å². The Bertz CT molecular complexity index is 1030. The molecule has 1 heterocycles. The van der Waals surface area contributed by atoms with Gasteiger partial charge in [0.2, 0.25) is 0 Å². The number of phenolic OH excluding ortho intramolecular Hbond substituents is 1. The number of aliphatic imine (C=N–C) groups is 2. The van der Waals surface area contributed by atoms with Crippen LogP contribution in [-0.2, 0) is 11.2 Å². The van der Waals surface area contributed by atoms with E-state index in [1.54, 1.807) is 19.2 Å². The van der Waals surface area contributed by atoms with Crippen LogP contribution in [0.4, 0.5) is 5.69 Å². The summed E-state index contributed by atoms with van der Waals surface area (Å²) in [4.78, 5) is 9.94. The number of rotatable bonds is 8. The molecule has 0 aromatic heterocycles. The lowest BCUT2D eigenvalue weighted by atomic mass is 9.79. The molecule has 2 aromatic rings. The molecule has 0 amide bonds. The molecule has 6 nitrogen and oxygen atoms in total. The predicted octanol–water partition coefficient (Wildman–Crippen LogP) is 5.42. The first kappa shape index (κ1) is 25.1. The van der Waals surface area contributed by atoms with E-state index in [-0.39, 0.29) is 18.0 Å². The Labute approximate surface area is 209 Å². The van der Waals surface area contributed by atoms with Gasteiger partial charge in [-0.1, -0.05) is 50.3 Å². The Morgan fingerprint density at radius 3 is 2.54 bits per heavy atom. The zero-order chi connectivity index (χ0) is 24.6. The first-order valence-electron chi connectivity index (χ1n) is 12.7. The van der Waals surface area contributed by atoms with Gasteiger partial charge in [-0.3, -0.25) is 15.3 Å². The van der Waals surface area contributed by atoms with Gasteiger partial charge in [0.25, 0.3) is 0 Å². The molecular formula is C29H38N4O2. The molecule has 0 bridgehead atoms. The number of phenols is 1. The number of benzene rings is 2. The van der Waals surface area contributed by atoms with E-state index in [1.807, 2.05) is 12.1 Å². The standard InChI is InChI=1S/C29H38N4O2/c1-4-26-22(17-21-8-6-5-7-9-21)18-28(33-29(26)32-23-10-12-24(34)13-11-23)31-19-30-27-15-14-25(35-3)16-20(27)2/h5-15,20,22,25-26,28,31,34H,4,16-19H2,1-3H3,(H,32,33). The molecule has 5 atom stereocenters. The van der Waals surface area contributed by atoms with E-state index in [2.05, 4.69) is 67.0 Å². The van der Waals surface area contributed by atoms with Crippen LogP contribution in [0.3, 0.4) is 0 Å². The monoisotopic (exact) mass is 474 g/mol. The fourth-order valence-electron chi connectivity index (χ4n) is 5.15. The molecule has 1 aliphatic heterocycles. The van der Waals surface area contributed by atoms with Gasteiger partial charge < -0.3 is 15.2 Å². The maximum Gasteiger partial charge on any atom is 0.115 e. The molecule has 2 aromatic carbocycles. The average Bonchev–Trinajstić information content (AvgIpc) is 2.87. The molecular weight excluding hydrogens is 436 g/mol. The first-order chi connectivity index (χ1) is 17.1. The summed E-state index contributed by atoms with van der Waals surface area (Å²) >= 11 is 0. The second kappa shape index (κ2) is 12.1. The van der Waals surface area contributed by atoms with Crippen molar-refractivity contribution in [3.05, 3.63) is 72.3 Å². The highest BCUT2D eigenvalue weighted by Gasteiger charge is 2.32. The van der Waals surface area contributed by atoms with E-state index >= 15 is 0 Å². The smallest absolute Gasteiger partial charge is 0.115 e. The molecule has 1 aliphatic carbocycles. The molecule has 0 radical (unpaired) electrons. The summed E-state index contributed by atoms with van der Waals surface area (Å²) in [5.74, 6) is 2.44. The van der Waals surface area contributed by atoms with Gasteiger partial charge in [0.1, 0.15) is 17.8 Å². The molecule has 0 fully saturated rings. The molecule has 2 aliphatic rings. The maximum atomic E-state index is 9.67. The Morgan fingerprint density at radius 2 is 1.86 bits per heavy atom. The highest BCUT2D eigenvalue weighted by Crippen LogP contribution is 2.32. The number of nitrogens with one attached hydrogen (secondary N) is 2. The number of aromatic hydroxyl groups is 1. The predicted molar refractivity (Wildman–Crippen MR) is 144 cm³/mol. The number of ether oxygens (including phenoxy) is 1. The number of nitrogens with zero attached hydrogens (tertiary/aromatic N) is 2. The second-order valence-corrected chi connectivity index (χ2v) is 9.62. The van der Waals surface area contributed by atoms with Crippen molar-refractivity contribution >= 4 is 17.2 Å². The number of hydrogen-bond donors (Lipinski definition) is 3. The fraction of sp³-hybridized carbons (Fsp3) is 0.448. The van der Waals surface area contributed by atoms with Crippen LogP contribution in [0.5, 0.6) is 5.75 Å². The van der Waals surface area contributed by atoms with Crippen LogP contribution in [0.25, 0.3) is 0 Å². The van der Waals surface area contributed by atoms with Crippen LogP contribution in [0.15, 0.2) is 76.7 Å². The van der Waals surface area contributed by atoms with Gasteiger partial charge in [0.05, 0.1) is 12.8 Å². The topological polar surface area (TPSA) is 78.2 Å². The van der Waals surface area contributed by atoms with Gasteiger partial charge in [-0.05, 0) is 67.5 Å². The zero-order valence-electron chi connectivity index (χ0n) is 21.0. The average molecular weight is 475 g/mol. The van der Waals surface area contributed by atoms with Crippen molar-refractivity contribution in [2.24, 2.45) is 27.7 Å². The largest absolute Gasteiger partial charge is 0.508 e. The van der Waals surface area contributed by atoms with Crippen molar-refractivity contribution in [1.82, 2.24) is 5.32 Å². The summed E-state index contributed by atoms with van der Waals surface area (Å²) in [7, 11) is 1.76. The van der Waals surface area contributed by atoms with E-state index in [1.165, 1.54) is 5.56 Å². The highest BCUT2D eigenvalue weighted by molar-refractivity contribution is 5.98. The van der Waals surface area contributed by atoms with Crippen LogP contribution in [0, 0.1) is 17.8 Å². The summed E-state index contributed by atoms with van der Waals surface area (Å²) in [6, 6.07) is 17.9. The summed E-state index contributed by atoms with van der Waals surface area (Å²) in [6.45, 7) is 4.98. The van der Waals surface area contributed by atoms with Gasteiger partial charge >= 0.3 is 0 Å². The van der Waals surface area contributed by atoms with Gasteiger partial charge in [-0.2, -0.15) is 0 Å². The van der Waals surface area contributed by atoms with Crippen LogP contribution in [-0.4, -0.2) is 42.7 Å². The van der Waals surface area contributed by atoms with Crippen molar-refractivity contribution in [2.75, 3.05) is 19.1 Å². The molecule has 3 N–H and O–H groups in total. The van der Waals surface area contributed by atoms with E-state index in [9.17, 15) is 5.11 Å². The summed E-state index contributed by atoms with van der Waals surface area (Å²) in [5, 5.41) is 16.8. The number of hydrogen-bond acceptors (Lipinski definition) is 6. The first-order valence-corrected chi connectivity index (χ1v) is 12.7. The molecule has 35 heavy (non-hydrogen) atoms. The molecule has 5 unspecified atom stereocenters. The van der Waals surface area contributed by atoms with Crippen molar-refractivity contribution in [1.29, 1.82) is 0 Å². The van der Waals surface area contributed by atoms with Crippen LogP contribution in [0.2, 0.25) is 0 Å². The normalized spacial score (nSPS) is 27.6. The minimum absolute atomic E-state index is 0.00919. The van der Waals surface area contributed by atoms with Crippen LogP contribution in [0.1, 0.15) is 38.7 Å². The summed E-state index contributed by atoms with van der Waals surface area (Å²) in [5.41, 5.74) is 3.41. The lowest BCUT2D eigenvalue weighted by Crippen LogP contribution is -2.43. The third-order valence-electron chi connectivity index (χ3n) is 7.13. The Balaban J connectivity index is 1.51. The number of allylic oxidation sites excluding steroid dienone is 1. The maximum absolute atomic E-state index is 9.67. The van der Waals surface area contributed by atoms with Crippen molar-refractivity contribution in [3.63, 3.8) is 0 Å². The SMILES string of the molecule is CCC1C(Nc2ccc(O)cc2)=NC(NCN=C2C=CC(OC)CC2C)CC1Cc1ccccc1. The Hall–Kier alpha value is -2.96. The molecule has 0 saturated heterocycles. The molecule has 6 heteroatoms. The van der Waals surface area contributed by atoms with Gasteiger partial charge in [-0.15, -0.1) is 0 Å². The molecule has 186 valence electrons. The number of methoxy groups -OCH3 is 1. The molecule has 0 spiro atoms. The summed E-state index contributed by atoms with van der Waals surface area (Å²) in [6.07, 6.45) is 8.32. The number of anilines is 1. The number of amidine groups is 1.